The van der Waals surface area contributed by atoms with Gasteiger partial charge >= 0.3 is 0 Å². The number of rotatable bonds is 11. The van der Waals surface area contributed by atoms with Crippen molar-refractivity contribution < 1.29 is 14.4 Å². The molecule has 47 heavy (non-hydrogen) atoms. The number of halogens is 1. The summed E-state index contributed by atoms with van der Waals surface area (Å²) in [6.07, 6.45) is 4.64. The van der Waals surface area contributed by atoms with E-state index < -0.39 is 0 Å². The van der Waals surface area contributed by atoms with E-state index in [9.17, 15) is 14.4 Å². The average molecular weight is 654 g/mol. The van der Waals surface area contributed by atoms with E-state index in [1.165, 1.54) is 10.5 Å². The van der Waals surface area contributed by atoms with Crippen LogP contribution in [0.1, 0.15) is 87.6 Å². The van der Waals surface area contributed by atoms with Crippen LogP contribution in [-0.4, -0.2) is 75.9 Å². The summed E-state index contributed by atoms with van der Waals surface area (Å²) >= 11 is 6.42. The third kappa shape index (κ3) is 7.43. The average Bonchev–Trinajstić information content (AvgIpc) is 3.48. The third-order valence-electron chi connectivity index (χ3n) is 8.77. The SMILES string of the molecule is CCCCN(CCCC)C(=O)c1cc(C)n(-c2ccc(-c3ccc(Cl)c(C(=O)N(C)C)c3)cc2C(=O)N2CCc3ccccc3C2)n1. The number of hydrogen-bond donors (Lipinski definition) is 0. The monoisotopic (exact) mass is 653 g/mol. The Balaban J connectivity index is 1.58. The lowest BCUT2D eigenvalue weighted by molar-refractivity contribution is 0.0732. The minimum atomic E-state index is -0.201. The van der Waals surface area contributed by atoms with E-state index in [0.717, 1.165) is 54.5 Å². The van der Waals surface area contributed by atoms with Gasteiger partial charge in [0.05, 0.1) is 21.8 Å². The lowest BCUT2D eigenvalue weighted by Crippen LogP contribution is -2.36. The van der Waals surface area contributed by atoms with Crippen molar-refractivity contribution in [1.82, 2.24) is 24.5 Å². The first kappa shape index (κ1) is 33.9. The van der Waals surface area contributed by atoms with Gasteiger partial charge in [-0.3, -0.25) is 14.4 Å². The molecule has 5 rings (SSSR count). The van der Waals surface area contributed by atoms with Crippen LogP contribution in [0.4, 0.5) is 0 Å². The number of hydrogen-bond acceptors (Lipinski definition) is 4. The van der Waals surface area contributed by atoms with Gasteiger partial charge in [0.2, 0.25) is 0 Å². The minimum Gasteiger partial charge on any atom is -0.345 e. The Hall–Kier alpha value is -4.43. The van der Waals surface area contributed by atoms with Gasteiger partial charge in [0.25, 0.3) is 17.7 Å². The summed E-state index contributed by atoms with van der Waals surface area (Å²) in [5, 5.41) is 5.16. The number of carbonyl (C=O) groups excluding carboxylic acids is 3. The second-order valence-corrected chi connectivity index (χ2v) is 12.9. The van der Waals surface area contributed by atoms with Gasteiger partial charge in [0, 0.05) is 46.0 Å². The van der Waals surface area contributed by atoms with Crippen molar-refractivity contribution in [2.45, 2.75) is 59.4 Å². The quantitative estimate of drug-likeness (QED) is 0.169. The van der Waals surface area contributed by atoms with E-state index in [0.29, 0.717) is 53.7 Å². The highest BCUT2D eigenvalue weighted by Crippen LogP contribution is 2.31. The fourth-order valence-electron chi connectivity index (χ4n) is 6.02. The van der Waals surface area contributed by atoms with Gasteiger partial charge in [-0.15, -0.1) is 0 Å². The van der Waals surface area contributed by atoms with E-state index in [1.807, 2.05) is 59.2 Å². The van der Waals surface area contributed by atoms with Gasteiger partial charge in [0.15, 0.2) is 5.69 Å². The Bertz CT molecular complexity index is 1770. The molecule has 1 aliphatic heterocycles. The molecule has 0 N–H and O–H groups in total. The van der Waals surface area contributed by atoms with Crippen molar-refractivity contribution in [1.29, 1.82) is 0 Å². The highest BCUT2D eigenvalue weighted by molar-refractivity contribution is 6.34. The first-order valence-corrected chi connectivity index (χ1v) is 16.9. The van der Waals surface area contributed by atoms with Crippen LogP contribution in [0.2, 0.25) is 5.02 Å². The van der Waals surface area contributed by atoms with Crippen LogP contribution in [0.25, 0.3) is 16.8 Å². The number of amides is 3. The largest absolute Gasteiger partial charge is 0.345 e. The van der Waals surface area contributed by atoms with E-state index in [2.05, 4.69) is 26.0 Å². The molecule has 0 saturated carbocycles. The predicted octanol–water partition coefficient (Wildman–Crippen LogP) is 7.44. The molecule has 0 bridgehead atoms. The molecule has 9 heteroatoms. The first-order chi connectivity index (χ1) is 22.6. The molecule has 1 aromatic heterocycles. The molecule has 3 aromatic carbocycles. The summed E-state index contributed by atoms with van der Waals surface area (Å²) in [6, 6.07) is 21.0. The topological polar surface area (TPSA) is 78.8 Å². The van der Waals surface area contributed by atoms with Crippen molar-refractivity contribution in [2.24, 2.45) is 0 Å². The van der Waals surface area contributed by atoms with Crippen LogP contribution in [0, 0.1) is 6.92 Å². The van der Waals surface area contributed by atoms with E-state index in [1.54, 1.807) is 30.9 Å². The van der Waals surface area contributed by atoms with E-state index in [-0.39, 0.29) is 17.7 Å². The summed E-state index contributed by atoms with van der Waals surface area (Å²) in [5.41, 5.74) is 6.51. The van der Waals surface area contributed by atoms with Gasteiger partial charge in [-0.05, 0) is 78.8 Å². The molecule has 0 fully saturated rings. The molecule has 0 spiro atoms. The zero-order chi connectivity index (χ0) is 33.7. The molecule has 4 aromatic rings. The lowest BCUT2D eigenvalue weighted by Gasteiger charge is -2.29. The fraction of sp³-hybridized carbons (Fsp3) is 0.368. The number of carbonyl (C=O) groups is 3. The lowest BCUT2D eigenvalue weighted by atomic mass is 9.97. The number of aryl methyl sites for hydroxylation is 1. The van der Waals surface area contributed by atoms with E-state index >= 15 is 0 Å². The summed E-state index contributed by atoms with van der Waals surface area (Å²) in [4.78, 5) is 46.2. The molecule has 8 nitrogen and oxygen atoms in total. The van der Waals surface area contributed by atoms with Crippen LogP contribution in [-0.2, 0) is 13.0 Å². The smallest absolute Gasteiger partial charge is 0.274 e. The Morgan fingerprint density at radius 3 is 2.13 bits per heavy atom. The summed E-state index contributed by atoms with van der Waals surface area (Å²) in [6.45, 7) is 8.63. The first-order valence-electron chi connectivity index (χ1n) is 16.5. The molecular formula is C38H44ClN5O3. The standard InChI is InChI=1S/C38H44ClN5O3/c1-6-8-19-42(20-9-7-2)38(47)34-22-26(3)44(40-34)35-17-15-29(28-14-16-33(39)31(23-28)36(45)41(4)5)24-32(35)37(46)43-21-18-27-12-10-11-13-30(27)25-43/h10-17,22-24H,6-9,18-21,25H2,1-5H3. The maximum Gasteiger partial charge on any atom is 0.274 e. The number of fused-ring (bicyclic) bond motifs is 1. The summed E-state index contributed by atoms with van der Waals surface area (Å²) in [7, 11) is 3.37. The highest BCUT2D eigenvalue weighted by atomic mass is 35.5. The van der Waals surface area contributed by atoms with Crippen LogP contribution < -0.4 is 0 Å². The Labute approximate surface area is 282 Å². The molecule has 0 aliphatic carbocycles. The Morgan fingerprint density at radius 1 is 0.830 bits per heavy atom. The van der Waals surface area contributed by atoms with Gasteiger partial charge in [-0.25, -0.2) is 4.68 Å². The van der Waals surface area contributed by atoms with Crippen LogP contribution >= 0.6 is 11.6 Å². The van der Waals surface area contributed by atoms with Gasteiger partial charge < -0.3 is 14.7 Å². The van der Waals surface area contributed by atoms with Crippen molar-refractivity contribution in [3.63, 3.8) is 0 Å². The molecule has 3 amide bonds. The second kappa shape index (κ2) is 15.0. The molecule has 1 aliphatic rings. The van der Waals surface area contributed by atoms with Crippen LogP contribution in [0.5, 0.6) is 0 Å². The molecule has 246 valence electrons. The maximum absolute atomic E-state index is 14.4. The highest BCUT2D eigenvalue weighted by Gasteiger charge is 2.27. The molecule has 0 saturated heterocycles. The summed E-state index contributed by atoms with van der Waals surface area (Å²) in [5.74, 6) is -0.414. The molecule has 0 atom stereocenters. The minimum absolute atomic E-state index is 0.0925. The molecular weight excluding hydrogens is 610 g/mol. The molecule has 0 radical (unpaired) electrons. The second-order valence-electron chi connectivity index (χ2n) is 12.5. The van der Waals surface area contributed by atoms with Crippen molar-refractivity contribution in [3.05, 3.63) is 105 Å². The number of unbranched alkanes of at least 4 members (excludes halogenated alkanes) is 2. The Morgan fingerprint density at radius 2 is 1.47 bits per heavy atom. The van der Waals surface area contributed by atoms with Gasteiger partial charge in [-0.2, -0.15) is 5.10 Å². The van der Waals surface area contributed by atoms with Crippen molar-refractivity contribution in [3.8, 4) is 16.8 Å². The number of benzene rings is 3. The summed E-state index contributed by atoms with van der Waals surface area (Å²) < 4.78 is 1.71. The maximum atomic E-state index is 14.4. The zero-order valence-electron chi connectivity index (χ0n) is 28.1. The van der Waals surface area contributed by atoms with Gasteiger partial charge in [0.1, 0.15) is 0 Å². The molecule has 0 unspecified atom stereocenters. The number of aromatic nitrogens is 2. The van der Waals surface area contributed by atoms with Crippen molar-refractivity contribution in [2.75, 3.05) is 33.7 Å². The Kier molecular flexibility index (Phi) is 10.8. The molecule has 2 heterocycles. The van der Waals surface area contributed by atoms with Crippen LogP contribution in [0.15, 0.2) is 66.7 Å². The zero-order valence-corrected chi connectivity index (χ0v) is 28.8. The predicted molar refractivity (Wildman–Crippen MR) is 187 cm³/mol. The third-order valence-corrected chi connectivity index (χ3v) is 9.10. The van der Waals surface area contributed by atoms with Gasteiger partial charge in [-0.1, -0.05) is 74.7 Å². The van der Waals surface area contributed by atoms with E-state index in [4.69, 9.17) is 16.7 Å². The fourth-order valence-corrected chi connectivity index (χ4v) is 6.22. The number of nitrogens with zero attached hydrogens (tertiary/aromatic N) is 5. The normalized spacial score (nSPS) is 12.5. The van der Waals surface area contributed by atoms with Crippen LogP contribution in [0.3, 0.4) is 0 Å². The van der Waals surface area contributed by atoms with Crippen molar-refractivity contribution >= 4 is 29.3 Å².